The van der Waals surface area contributed by atoms with Crippen LogP contribution in [-0.4, -0.2) is 0 Å². The number of aryl methyl sites for hydroxylation is 2. The lowest BCUT2D eigenvalue weighted by molar-refractivity contribution is 0.470. The van der Waals surface area contributed by atoms with Gasteiger partial charge in [0.15, 0.2) is 0 Å². The zero-order valence-corrected chi connectivity index (χ0v) is 7.99. The van der Waals surface area contributed by atoms with Gasteiger partial charge < -0.3 is 4.42 Å². The van der Waals surface area contributed by atoms with E-state index < -0.39 is 0 Å². The fourth-order valence-electron chi connectivity index (χ4n) is 1.22. The first-order valence-electron chi connectivity index (χ1n) is 4.49. The minimum absolute atomic E-state index is 0.283. The van der Waals surface area contributed by atoms with Gasteiger partial charge in [-0.05, 0) is 31.4 Å². The summed E-state index contributed by atoms with van der Waals surface area (Å²) in [5, 5.41) is 0. The number of furan rings is 1. The first-order chi connectivity index (χ1) is 6.26. The van der Waals surface area contributed by atoms with Crippen LogP contribution in [0.1, 0.15) is 17.9 Å². The summed E-state index contributed by atoms with van der Waals surface area (Å²) in [5.74, 6) is 2.26. The van der Waals surface area contributed by atoms with E-state index in [0.717, 1.165) is 24.4 Å². The molecule has 1 rings (SSSR count). The van der Waals surface area contributed by atoms with Gasteiger partial charge in [-0.3, -0.25) is 0 Å². The molecule has 0 aliphatic heterocycles. The predicted molar refractivity (Wildman–Crippen MR) is 54.3 cm³/mol. The Morgan fingerprint density at radius 1 is 1.62 bits per heavy atom. The summed E-state index contributed by atoms with van der Waals surface area (Å²) in [5.41, 5.74) is 0. The molecule has 1 heteroatoms. The highest BCUT2D eigenvalue weighted by Crippen LogP contribution is 2.13. The van der Waals surface area contributed by atoms with Gasteiger partial charge >= 0.3 is 0 Å². The third kappa shape index (κ3) is 2.94. The zero-order chi connectivity index (χ0) is 9.68. The second-order valence-corrected chi connectivity index (χ2v) is 3.14. The molecule has 0 aliphatic rings. The van der Waals surface area contributed by atoms with Crippen LogP contribution in [0.2, 0.25) is 0 Å². The van der Waals surface area contributed by atoms with Crippen LogP contribution in [-0.2, 0) is 6.42 Å². The van der Waals surface area contributed by atoms with E-state index in [1.165, 1.54) is 0 Å². The van der Waals surface area contributed by atoms with E-state index in [-0.39, 0.29) is 5.92 Å². The topological polar surface area (TPSA) is 13.1 Å². The molecular formula is C12H15O. The van der Waals surface area contributed by atoms with Crippen molar-refractivity contribution in [3.05, 3.63) is 49.0 Å². The lowest BCUT2D eigenvalue weighted by Crippen LogP contribution is -1.93. The maximum absolute atomic E-state index is 5.43. The van der Waals surface area contributed by atoms with Crippen LogP contribution in [0.25, 0.3) is 0 Å². The van der Waals surface area contributed by atoms with Crippen molar-refractivity contribution in [1.29, 1.82) is 0 Å². The molecule has 0 amide bonds. The second-order valence-electron chi connectivity index (χ2n) is 3.14. The molecule has 0 N–H and O–H groups in total. The molecule has 1 atom stereocenters. The lowest BCUT2D eigenvalue weighted by atomic mass is 10.0. The molecule has 0 aromatic carbocycles. The quantitative estimate of drug-likeness (QED) is 0.626. The number of allylic oxidation sites excluding steroid dienone is 2. The SMILES string of the molecule is [CH]=CC(C=C)CCc1ccc(C)o1. The van der Waals surface area contributed by atoms with Crippen LogP contribution in [0.15, 0.2) is 35.3 Å². The molecule has 0 bridgehead atoms. The molecule has 1 heterocycles. The lowest BCUT2D eigenvalue weighted by Gasteiger charge is -2.03. The summed E-state index contributed by atoms with van der Waals surface area (Å²) in [6.45, 7) is 11.1. The molecule has 0 saturated carbocycles. The summed E-state index contributed by atoms with van der Waals surface area (Å²) in [6, 6.07) is 3.98. The molecule has 0 aliphatic carbocycles. The highest BCUT2D eigenvalue weighted by Gasteiger charge is 2.02. The van der Waals surface area contributed by atoms with E-state index in [1.54, 1.807) is 6.08 Å². The van der Waals surface area contributed by atoms with Crippen molar-refractivity contribution >= 4 is 0 Å². The summed E-state index contributed by atoms with van der Waals surface area (Å²) < 4.78 is 5.43. The minimum Gasteiger partial charge on any atom is -0.466 e. The molecule has 0 spiro atoms. The molecule has 1 unspecified atom stereocenters. The highest BCUT2D eigenvalue weighted by atomic mass is 16.3. The van der Waals surface area contributed by atoms with Gasteiger partial charge in [0, 0.05) is 6.42 Å². The van der Waals surface area contributed by atoms with Gasteiger partial charge in [-0.1, -0.05) is 18.7 Å². The van der Waals surface area contributed by atoms with E-state index in [2.05, 4.69) is 6.58 Å². The Hall–Kier alpha value is -1.24. The van der Waals surface area contributed by atoms with Crippen molar-refractivity contribution in [2.45, 2.75) is 19.8 Å². The van der Waals surface area contributed by atoms with E-state index in [1.807, 2.05) is 25.1 Å². The Morgan fingerprint density at radius 3 is 2.85 bits per heavy atom. The Labute approximate surface area is 79.8 Å². The average Bonchev–Trinajstić information content (AvgIpc) is 2.53. The van der Waals surface area contributed by atoms with E-state index >= 15 is 0 Å². The van der Waals surface area contributed by atoms with Crippen molar-refractivity contribution in [2.75, 3.05) is 0 Å². The smallest absolute Gasteiger partial charge is 0.104 e. The normalized spacial score (nSPS) is 12.4. The molecule has 13 heavy (non-hydrogen) atoms. The summed E-state index contributed by atoms with van der Waals surface area (Å²) in [7, 11) is 0. The Balaban J connectivity index is 2.42. The van der Waals surface area contributed by atoms with Crippen molar-refractivity contribution in [3.8, 4) is 0 Å². The molecule has 1 aromatic heterocycles. The van der Waals surface area contributed by atoms with Crippen LogP contribution in [0, 0.1) is 19.4 Å². The molecule has 1 aromatic rings. The van der Waals surface area contributed by atoms with Crippen molar-refractivity contribution in [3.63, 3.8) is 0 Å². The van der Waals surface area contributed by atoms with Crippen LogP contribution >= 0.6 is 0 Å². The second kappa shape index (κ2) is 4.70. The Bertz CT molecular complexity index is 275. The maximum atomic E-state index is 5.43. The van der Waals surface area contributed by atoms with Gasteiger partial charge in [-0.2, -0.15) is 0 Å². The minimum atomic E-state index is 0.283. The standard InChI is InChI=1S/C12H15O/c1-4-11(5-2)7-9-12-8-6-10(3)13-12/h1,4-6,8,11H,2,7,9H2,3H3. The largest absolute Gasteiger partial charge is 0.466 e. The molecule has 0 fully saturated rings. The van der Waals surface area contributed by atoms with Crippen LogP contribution in [0.5, 0.6) is 0 Å². The van der Waals surface area contributed by atoms with E-state index in [9.17, 15) is 0 Å². The zero-order valence-electron chi connectivity index (χ0n) is 7.99. The highest BCUT2D eigenvalue weighted by molar-refractivity contribution is 5.06. The molecular weight excluding hydrogens is 160 g/mol. The Kier molecular flexibility index (Phi) is 3.56. The van der Waals surface area contributed by atoms with Gasteiger partial charge in [0.1, 0.15) is 11.5 Å². The van der Waals surface area contributed by atoms with Crippen LogP contribution in [0.3, 0.4) is 0 Å². The molecule has 1 radical (unpaired) electrons. The summed E-state index contributed by atoms with van der Waals surface area (Å²) in [4.78, 5) is 0. The van der Waals surface area contributed by atoms with E-state index in [4.69, 9.17) is 11.0 Å². The van der Waals surface area contributed by atoms with E-state index in [0.29, 0.717) is 0 Å². The maximum Gasteiger partial charge on any atom is 0.104 e. The van der Waals surface area contributed by atoms with Gasteiger partial charge in [-0.25, -0.2) is 0 Å². The van der Waals surface area contributed by atoms with Gasteiger partial charge in [0.05, 0.1) is 0 Å². The van der Waals surface area contributed by atoms with Crippen molar-refractivity contribution in [2.24, 2.45) is 5.92 Å². The monoisotopic (exact) mass is 175 g/mol. The van der Waals surface area contributed by atoms with Crippen molar-refractivity contribution < 1.29 is 4.42 Å². The number of rotatable bonds is 5. The fraction of sp³-hybridized carbons (Fsp3) is 0.333. The Morgan fingerprint density at radius 2 is 2.38 bits per heavy atom. The number of hydrogen-bond acceptors (Lipinski definition) is 1. The van der Waals surface area contributed by atoms with Gasteiger partial charge in [-0.15, -0.1) is 6.58 Å². The first kappa shape index (κ1) is 9.85. The van der Waals surface area contributed by atoms with Crippen LogP contribution in [0.4, 0.5) is 0 Å². The molecule has 1 nitrogen and oxygen atoms in total. The molecule has 0 saturated heterocycles. The average molecular weight is 175 g/mol. The first-order valence-corrected chi connectivity index (χ1v) is 4.49. The van der Waals surface area contributed by atoms with Gasteiger partial charge in [0.2, 0.25) is 0 Å². The summed E-state index contributed by atoms with van der Waals surface area (Å²) >= 11 is 0. The van der Waals surface area contributed by atoms with Gasteiger partial charge in [0.25, 0.3) is 0 Å². The van der Waals surface area contributed by atoms with Crippen molar-refractivity contribution in [1.82, 2.24) is 0 Å². The van der Waals surface area contributed by atoms with Crippen LogP contribution < -0.4 is 0 Å². The third-order valence-corrected chi connectivity index (χ3v) is 2.07. The predicted octanol–water partition coefficient (Wildman–Crippen LogP) is 3.31. The number of hydrogen-bond donors (Lipinski definition) is 0. The summed E-state index contributed by atoms with van der Waals surface area (Å²) in [6.07, 6.45) is 5.41. The molecule has 69 valence electrons. The fourth-order valence-corrected chi connectivity index (χ4v) is 1.22. The third-order valence-electron chi connectivity index (χ3n) is 2.07.